The number of amides is 1. The molecule has 0 bridgehead atoms. The Morgan fingerprint density at radius 1 is 1.24 bits per heavy atom. The highest BCUT2D eigenvalue weighted by Crippen LogP contribution is 2.38. The van der Waals surface area contributed by atoms with Crippen LogP contribution in [0, 0.1) is 12.7 Å². The zero-order chi connectivity index (χ0) is 17.8. The molecule has 0 spiro atoms. The summed E-state index contributed by atoms with van der Waals surface area (Å²) in [5.41, 5.74) is 1.92. The summed E-state index contributed by atoms with van der Waals surface area (Å²) >= 11 is 6.22. The normalized spacial score (nSPS) is 13.6. The van der Waals surface area contributed by atoms with E-state index in [1.165, 1.54) is 18.2 Å². The van der Waals surface area contributed by atoms with Gasteiger partial charge in [-0.15, -0.1) is 0 Å². The topological polar surface area (TPSA) is 47.6 Å². The number of halogens is 2. The smallest absolute Gasteiger partial charge is 0.248 e. The number of carbonyl (C=O) groups excluding carboxylic acids is 1. The lowest BCUT2D eigenvalue weighted by atomic mass is 10.1. The molecule has 6 heteroatoms. The van der Waals surface area contributed by atoms with Gasteiger partial charge in [-0.3, -0.25) is 4.79 Å². The van der Waals surface area contributed by atoms with Crippen LogP contribution in [0.4, 0.5) is 10.1 Å². The van der Waals surface area contributed by atoms with Gasteiger partial charge in [0, 0.05) is 18.2 Å². The van der Waals surface area contributed by atoms with Crippen molar-refractivity contribution in [2.75, 3.05) is 18.5 Å². The van der Waals surface area contributed by atoms with Gasteiger partial charge in [-0.05, 0) is 48.4 Å². The Balaban J connectivity index is 1.75. The van der Waals surface area contributed by atoms with E-state index < -0.39 is 5.82 Å². The number of hydrogen-bond donors (Lipinski definition) is 1. The first-order valence-corrected chi connectivity index (χ1v) is 8.25. The van der Waals surface area contributed by atoms with Crippen molar-refractivity contribution in [3.63, 3.8) is 0 Å². The number of carbonyl (C=O) groups is 1. The number of anilines is 1. The van der Waals surface area contributed by atoms with Gasteiger partial charge < -0.3 is 14.8 Å². The van der Waals surface area contributed by atoms with Gasteiger partial charge in [-0.25, -0.2) is 4.39 Å². The molecular formula is C19H17ClFNO3. The standard InChI is InChI=1S/C19H17ClFNO3/c1-12-3-5-14(21)11-16(12)22-18(23)6-4-13-9-15(20)19-17(10-13)24-7-2-8-25-19/h3-6,9-11H,2,7-8H2,1H3,(H,22,23)/b6-4+. The number of ether oxygens (including phenoxy) is 2. The van der Waals surface area contributed by atoms with Gasteiger partial charge in [0.15, 0.2) is 11.5 Å². The molecule has 3 rings (SSSR count). The lowest BCUT2D eigenvalue weighted by Gasteiger charge is -2.10. The van der Waals surface area contributed by atoms with Gasteiger partial charge in [0.1, 0.15) is 5.82 Å². The highest BCUT2D eigenvalue weighted by Gasteiger charge is 2.15. The third-order valence-electron chi connectivity index (χ3n) is 3.71. The van der Waals surface area contributed by atoms with Crippen LogP contribution >= 0.6 is 11.6 Å². The van der Waals surface area contributed by atoms with E-state index in [2.05, 4.69) is 5.32 Å². The molecule has 0 radical (unpaired) electrons. The van der Waals surface area contributed by atoms with Crippen molar-refractivity contribution >= 4 is 29.3 Å². The number of nitrogens with one attached hydrogen (secondary N) is 1. The molecule has 2 aromatic rings. The zero-order valence-corrected chi connectivity index (χ0v) is 14.4. The van der Waals surface area contributed by atoms with Crippen LogP contribution in [0.3, 0.4) is 0 Å². The molecule has 1 aliphatic rings. The van der Waals surface area contributed by atoms with Crippen LogP contribution in [-0.2, 0) is 4.79 Å². The van der Waals surface area contributed by atoms with E-state index in [-0.39, 0.29) is 5.91 Å². The van der Waals surface area contributed by atoms with E-state index in [0.29, 0.717) is 41.0 Å². The van der Waals surface area contributed by atoms with Crippen molar-refractivity contribution in [1.29, 1.82) is 0 Å². The molecule has 1 heterocycles. The largest absolute Gasteiger partial charge is 0.489 e. The predicted octanol–water partition coefficient (Wildman–Crippen LogP) is 4.60. The van der Waals surface area contributed by atoms with E-state index in [9.17, 15) is 9.18 Å². The second-order valence-corrected chi connectivity index (χ2v) is 6.07. The van der Waals surface area contributed by atoms with Crippen LogP contribution in [0.15, 0.2) is 36.4 Å². The molecule has 0 unspecified atom stereocenters. The number of rotatable bonds is 3. The van der Waals surface area contributed by atoms with Crippen LogP contribution in [-0.4, -0.2) is 19.1 Å². The summed E-state index contributed by atoms with van der Waals surface area (Å²) in [6, 6.07) is 7.71. The molecule has 4 nitrogen and oxygen atoms in total. The summed E-state index contributed by atoms with van der Waals surface area (Å²) in [6.07, 6.45) is 3.76. The Morgan fingerprint density at radius 2 is 2.04 bits per heavy atom. The van der Waals surface area contributed by atoms with Crippen molar-refractivity contribution in [2.45, 2.75) is 13.3 Å². The second kappa shape index (κ2) is 7.57. The van der Waals surface area contributed by atoms with Crippen molar-refractivity contribution in [3.05, 3.63) is 58.4 Å². The van der Waals surface area contributed by atoms with Gasteiger partial charge in [0.2, 0.25) is 5.91 Å². The molecule has 0 aliphatic carbocycles. The van der Waals surface area contributed by atoms with E-state index >= 15 is 0 Å². The molecule has 0 saturated heterocycles. The van der Waals surface area contributed by atoms with E-state index in [0.717, 1.165) is 12.0 Å². The second-order valence-electron chi connectivity index (χ2n) is 5.66. The fraction of sp³-hybridized carbons (Fsp3) is 0.211. The molecule has 0 saturated carbocycles. The molecular weight excluding hydrogens is 345 g/mol. The number of fused-ring (bicyclic) bond motifs is 1. The molecule has 1 N–H and O–H groups in total. The maximum atomic E-state index is 13.3. The number of hydrogen-bond acceptors (Lipinski definition) is 3. The summed E-state index contributed by atoms with van der Waals surface area (Å²) in [5.74, 6) is 0.318. The van der Waals surface area contributed by atoms with Crippen molar-refractivity contribution in [3.8, 4) is 11.5 Å². The van der Waals surface area contributed by atoms with Crippen molar-refractivity contribution in [2.24, 2.45) is 0 Å². The SMILES string of the molecule is Cc1ccc(F)cc1NC(=O)/C=C/c1cc(Cl)c2c(c1)OCCCO2. The summed E-state index contributed by atoms with van der Waals surface area (Å²) in [4.78, 5) is 12.1. The minimum absolute atomic E-state index is 0.364. The maximum Gasteiger partial charge on any atom is 0.248 e. The third kappa shape index (κ3) is 4.31. The van der Waals surface area contributed by atoms with Gasteiger partial charge in [-0.1, -0.05) is 17.7 Å². The van der Waals surface area contributed by atoms with Crippen LogP contribution in [0.1, 0.15) is 17.5 Å². The minimum atomic E-state index is -0.403. The lowest BCUT2D eigenvalue weighted by molar-refractivity contribution is -0.111. The first-order chi connectivity index (χ1) is 12.0. The lowest BCUT2D eigenvalue weighted by Crippen LogP contribution is -2.09. The zero-order valence-electron chi connectivity index (χ0n) is 13.6. The summed E-state index contributed by atoms with van der Waals surface area (Å²) < 4.78 is 24.5. The fourth-order valence-electron chi connectivity index (χ4n) is 2.42. The van der Waals surface area contributed by atoms with Gasteiger partial charge >= 0.3 is 0 Å². The average Bonchev–Trinajstić information content (AvgIpc) is 2.82. The predicted molar refractivity (Wildman–Crippen MR) is 95.9 cm³/mol. The number of aryl methyl sites for hydroxylation is 1. The Bertz CT molecular complexity index is 836. The van der Waals surface area contributed by atoms with Gasteiger partial charge in [0.25, 0.3) is 0 Å². The minimum Gasteiger partial charge on any atom is -0.489 e. The fourth-order valence-corrected chi connectivity index (χ4v) is 2.70. The monoisotopic (exact) mass is 361 g/mol. The highest BCUT2D eigenvalue weighted by molar-refractivity contribution is 6.32. The van der Waals surface area contributed by atoms with Crippen molar-refractivity contribution < 1.29 is 18.7 Å². The average molecular weight is 362 g/mol. The van der Waals surface area contributed by atoms with Gasteiger partial charge in [-0.2, -0.15) is 0 Å². The summed E-state index contributed by atoms with van der Waals surface area (Å²) in [6.45, 7) is 2.90. The third-order valence-corrected chi connectivity index (χ3v) is 3.99. The molecule has 0 atom stereocenters. The molecule has 2 aromatic carbocycles. The van der Waals surface area contributed by atoms with Crippen LogP contribution in [0.2, 0.25) is 5.02 Å². The quantitative estimate of drug-likeness (QED) is 0.813. The molecule has 25 heavy (non-hydrogen) atoms. The number of benzene rings is 2. The Kier molecular flexibility index (Phi) is 5.24. The molecule has 0 fully saturated rings. The maximum absolute atomic E-state index is 13.3. The van der Waals surface area contributed by atoms with E-state index in [1.807, 2.05) is 0 Å². The summed E-state index contributed by atoms with van der Waals surface area (Å²) in [5, 5.41) is 3.08. The molecule has 1 aliphatic heterocycles. The van der Waals surface area contributed by atoms with Crippen LogP contribution in [0.25, 0.3) is 6.08 Å². The molecule has 0 aromatic heterocycles. The van der Waals surface area contributed by atoms with E-state index in [4.69, 9.17) is 21.1 Å². The molecule has 130 valence electrons. The van der Waals surface area contributed by atoms with Crippen molar-refractivity contribution in [1.82, 2.24) is 0 Å². The molecule has 1 amide bonds. The highest BCUT2D eigenvalue weighted by atomic mass is 35.5. The van der Waals surface area contributed by atoms with Gasteiger partial charge in [0.05, 0.1) is 18.2 Å². The first-order valence-electron chi connectivity index (χ1n) is 7.87. The first kappa shape index (κ1) is 17.3. The Labute approximate surface area is 150 Å². The van der Waals surface area contributed by atoms with E-state index in [1.54, 1.807) is 31.2 Å². The Morgan fingerprint density at radius 3 is 2.88 bits per heavy atom. The van der Waals surface area contributed by atoms with Crippen LogP contribution < -0.4 is 14.8 Å². The Hall–Kier alpha value is -2.53. The van der Waals surface area contributed by atoms with Crippen LogP contribution in [0.5, 0.6) is 11.5 Å². The summed E-state index contributed by atoms with van der Waals surface area (Å²) in [7, 11) is 0.